The van der Waals surface area contributed by atoms with E-state index in [0.717, 1.165) is 25.1 Å². The summed E-state index contributed by atoms with van der Waals surface area (Å²) in [5, 5.41) is 9.92. The van der Waals surface area contributed by atoms with Crippen LogP contribution in [0, 0.1) is 0 Å². The molecule has 0 saturated heterocycles. The summed E-state index contributed by atoms with van der Waals surface area (Å²) < 4.78 is 4.09. The normalized spacial score (nSPS) is 12.8. The van der Waals surface area contributed by atoms with Crippen molar-refractivity contribution in [3.63, 3.8) is 0 Å². The first-order chi connectivity index (χ1) is 8.36. The average molecular weight is 267 g/mol. The molecule has 0 aromatic carbocycles. The first-order valence-electron chi connectivity index (χ1n) is 5.94. The molecule has 5 heteroatoms. The zero-order valence-electron chi connectivity index (χ0n) is 10.1. The van der Waals surface area contributed by atoms with E-state index in [4.69, 9.17) is 0 Å². The topological polar surface area (TPSA) is 37.8 Å². The maximum Gasteiger partial charge on any atom is 0.0804 e. The summed E-state index contributed by atoms with van der Waals surface area (Å²) in [6, 6.07) is 4.54. The molecule has 0 bridgehead atoms. The molecule has 2 aromatic rings. The predicted molar refractivity (Wildman–Crippen MR) is 73.7 cm³/mol. The van der Waals surface area contributed by atoms with Crippen LogP contribution in [0.3, 0.4) is 0 Å². The lowest BCUT2D eigenvalue weighted by atomic mass is 10.1. The Kier molecular flexibility index (Phi) is 4.65. The van der Waals surface area contributed by atoms with Crippen molar-refractivity contribution in [1.29, 1.82) is 0 Å². The van der Waals surface area contributed by atoms with Crippen LogP contribution in [0.15, 0.2) is 17.5 Å². The van der Waals surface area contributed by atoms with E-state index in [-0.39, 0.29) is 6.04 Å². The van der Waals surface area contributed by atoms with E-state index in [1.165, 1.54) is 21.3 Å². The third-order valence-corrected chi connectivity index (χ3v) is 4.38. The zero-order chi connectivity index (χ0) is 12.1. The molecule has 92 valence electrons. The molecule has 0 aliphatic carbocycles. The van der Waals surface area contributed by atoms with Gasteiger partial charge in [-0.1, -0.05) is 24.4 Å². The van der Waals surface area contributed by atoms with Crippen LogP contribution >= 0.6 is 22.9 Å². The highest BCUT2D eigenvalue weighted by atomic mass is 32.1. The molecule has 0 radical (unpaired) electrons. The third-order valence-electron chi connectivity index (χ3n) is 2.61. The average Bonchev–Trinajstić information content (AvgIpc) is 3.00. The molecule has 2 rings (SSSR count). The highest BCUT2D eigenvalue weighted by Crippen LogP contribution is 2.30. The Morgan fingerprint density at radius 1 is 1.41 bits per heavy atom. The van der Waals surface area contributed by atoms with Crippen molar-refractivity contribution < 1.29 is 0 Å². The van der Waals surface area contributed by atoms with Gasteiger partial charge in [-0.05, 0) is 42.4 Å². The number of aromatic nitrogens is 2. The number of hydrogen-bond donors (Lipinski definition) is 1. The summed E-state index contributed by atoms with van der Waals surface area (Å²) in [7, 11) is 0. The van der Waals surface area contributed by atoms with Gasteiger partial charge in [-0.15, -0.1) is 16.4 Å². The molecular formula is C12H17N3S2. The van der Waals surface area contributed by atoms with E-state index in [9.17, 15) is 0 Å². The second kappa shape index (κ2) is 6.23. The third kappa shape index (κ3) is 2.91. The van der Waals surface area contributed by atoms with E-state index in [2.05, 4.69) is 46.3 Å². The minimum absolute atomic E-state index is 0.268. The Hall–Kier alpha value is -0.780. The van der Waals surface area contributed by atoms with Gasteiger partial charge < -0.3 is 5.32 Å². The van der Waals surface area contributed by atoms with Crippen LogP contribution in [-0.2, 0) is 6.42 Å². The van der Waals surface area contributed by atoms with Crippen molar-refractivity contribution in [2.75, 3.05) is 6.54 Å². The molecule has 0 amide bonds. The van der Waals surface area contributed by atoms with E-state index < -0.39 is 0 Å². The van der Waals surface area contributed by atoms with Crippen molar-refractivity contribution in [2.24, 2.45) is 0 Å². The Morgan fingerprint density at radius 3 is 2.94 bits per heavy atom. The second-order valence-corrected chi connectivity index (χ2v) is 5.60. The molecule has 3 nitrogen and oxygen atoms in total. The molecule has 1 unspecified atom stereocenters. The highest BCUT2D eigenvalue weighted by molar-refractivity contribution is 7.10. The molecule has 0 aliphatic heterocycles. The first kappa shape index (κ1) is 12.7. The fourth-order valence-electron chi connectivity index (χ4n) is 1.75. The number of hydrogen-bond acceptors (Lipinski definition) is 5. The van der Waals surface area contributed by atoms with Crippen LogP contribution < -0.4 is 5.32 Å². The Morgan fingerprint density at radius 2 is 2.29 bits per heavy atom. The molecule has 2 heterocycles. The van der Waals surface area contributed by atoms with Gasteiger partial charge in [-0.25, -0.2) is 0 Å². The molecule has 1 atom stereocenters. The first-order valence-corrected chi connectivity index (χ1v) is 7.60. The minimum atomic E-state index is 0.268. The lowest BCUT2D eigenvalue weighted by Gasteiger charge is -2.15. The summed E-state index contributed by atoms with van der Waals surface area (Å²) in [5.41, 5.74) is 1.12. The summed E-state index contributed by atoms with van der Waals surface area (Å²) in [5.74, 6) is 0. The van der Waals surface area contributed by atoms with Crippen LogP contribution in [0.1, 0.15) is 41.8 Å². The van der Waals surface area contributed by atoms with Crippen LogP contribution in [0.25, 0.3) is 0 Å². The smallest absolute Gasteiger partial charge is 0.0804 e. The number of nitrogens with one attached hydrogen (secondary N) is 1. The van der Waals surface area contributed by atoms with Gasteiger partial charge >= 0.3 is 0 Å². The standard InChI is InChI=1S/C12H17N3S2/c1-3-7-13-11(10-6-5-8-16-10)12-9(4-2)14-15-17-12/h5-6,8,11,13H,3-4,7H2,1-2H3. The quantitative estimate of drug-likeness (QED) is 0.873. The van der Waals surface area contributed by atoms with Crippen molar-refractivity contribution in [1.82, 2.24) is 14.9 Å². The molecule has 0 spiro atoms. The zero-order valence-corrected chi connectivity index (χ0v) is 11.8. The van der Waals surface area contributed by atoms with Gasteiger partial charge in [0.2, 0.25) is 0 Å². The Balaban J connectivity index is 2.27. The number of nitrogens with zero attached hydrogens (tertiary/aromatic N) is 2. The van der Waals surface area contributed by atoms with E-state index in [1.807, 2.05) is 0 Å². The van der Waals surface area contributed by atoms with Crippen LogP contribution in [0.4, 0.5) is 0 Å². The fraction of sp³-hybridized carbons (Fsp3) is 0.500. The van der Waals surface area contributed by atoms with Crippen molar-refractivity contribution in [3.8, 4) is 0 Å². The SMILES string of the molecule is CCCNC(c1cccs1)c1snnc1CC. The van der Waals surface area contributed by atoms with Gasteiger partial charge in [0, 0.05) is 4.88 Å². The lowest BCUT2D eigenvalue weighted by Crippen LogP contribution is -2.22. The molecule has 0 aliphatic rings. The lowest BCUT2D eigenvalue weighted by molar-refractivity contribution is 0.608. The van der Waals surface area contributed by atoms with Crippen molar-refractivity contribution in [3.05, 3.63) is 33.0 Å². The summed E-state index contributed by atoms with van der Waals surface area (Å²) in [6.45, 7) is 5.33. The Labute approximate surface area is 110 Å². The highest BCUT2D eigenvalue weighted by Gasteiger charge is 2.20. The van der Waals surface area contributed by atoms with E-state index >= 15 is 0 Å². The largest absolute Gasteiger partial charge is 0.305 e. The van der Waals surface area contributed by atoms with Gasteiger partial charge in [0.05, 0.1) is 16.6 Å². The summed E-state index contributed by atoms with van der Waals surface area (Å²) >= 11 is 3.30. The monoisotopic (exact) mass is 267 g/mol. The molecular weight excluding hydrogens is 250 g/mol. The maximum atomic E-state index is 4.21. The molecule has 2 aromatic heterocycles. The molecule has 17 heavy (non-hydrogen) atoms. The molecule has 0 fully saturated rings. The maximum absolute atomic E-state index is 4.21. The predicted octanol–water partition coefficient (Wildman–Crippen LogP) is 3.25. The van der Waals surface area contributed by atoms with Crippen LogP contribution in [0.5, 0.6) is 0 Å². The fourth-order valence-corrected chi connectivity index (χ4v) is 3.46. The van der Waals surface area contributed by atoms with Crippen LogP contribution in [0.2, 0.25) is 0 Å². The van der Waals surface area contributed by atoms with Gasteiger partial charge in [0.25, 0.3) is 0 Å². The van der Waals surface area contributed by atoms with Gasteiger partial charge in [-0.3, -0.25) is 0 Å². The van der Waals surface area contributed by atoms with Gasteiger partial charge in [0.1, 0.15) is 0 Å². The van der Waals surface area contributed by atoms with Crippen LogP contribution in [-0.4, -0.2) is 16.1 Å². The number of rotatable bonds is 6. The minimum Gasteiger partial charge on any atom is -0.305 e. The summed E-state index contributed by atoms with van der Waals surface area (Å²) in [6.07, 6.45) is 2.08. The Bertz CT molecular complexity index is 436. The van der Waals surface area contributed by atoms with E-state index in [1.54, 1.807) is 11.3 Å². The van der Waals surface area contributed by atoms with Gasteiger partial charge in [-0.2, -0.15) is 0 Å². The number of aryl methyl sites for hydroxylation is 1. The number of thiophene rings is 1. The molecule has 0 saturated carbocycles. The van der Waals surface area contributed by atoms with Crippen molar-refractivity contribution >= 4 is 22.9 Å². The van der Waals surface area contributed by atoms with Gasteiger partial charge in [0.15, 0.2) is 0 Å². The second-order valence-electron chi connectivity index (χ2n) is 3.84. The van der Waals surface area contributed by atoms with E-state index in [0.29, 0.717) is 0 Å². The molecule has 1 N–H and O–H groups in total. The summed E-state index contributed by atoms with van der Waals surface area (Å²) in [4.78, 5) is 2.61. The van der Waals surface area contributed by atoms with Crippen molar-refractivity contribution in [2.45, 2.75) is 32.7 Å².